The third kappa shape index (κ3) is 4.44. The molecule has 0 spiro atoms. The lowest BCUT2D eigenvalue weighted by Gasteiger charge is -2.32. The Balaban J connectivity index is 1.84. The number of nitrogens with zero attached hydrogens (tertiary/aromatic N) is 1. The predicted molar refractivity (Wildman–Crippen MR) is 136 cm³/mol. The van der Waals surface area contributed by atoms with Crippen LogP contribution in [0.2, 0.25) is 0 Å². The van der Waals surface area contributed by atoms with Crippen LogP contribution in [0, 0.1) is 20.8 Å². The van der Waals surface area contributed by atoms with Gasteiger partial charge in [0.1, 0.15) is 11.3 Å². The summed E-state index contributed by atoms with van der Waals surface area (Å²) in [5.41, 5.74) is 8.35. The zero-order valence-electron chi connectivity index (χ0n) is 20.7. The molecule has 0 radical (unpaired) electrons. The van der Waals surface area contributed by atoms with Crippen molar-refractivity contribution in [2.75, 3.05) is 13.2 Å². The first-order valence-corrected chi connectivity index (χ1v) is 12.1. The minimum absolute atomic E-state index is 0.0849. The third-order valence-corrected chi connectivity index (χ3v) is 6.86. The fourth-order valence-corrected chi connectivity index (χ4v) is 5.03. The first-order chi connectivity index (χ1) is 15.8. The Kier molecular flexibility index (Phi) is 6.64. The second kappa shape index (κ2) is 9.46. The van der Waals surface area contributed by atoms with Gasteiger partial charge in [-0.15, -0.1) is 0 Å². The number of hydrogen-bond donors (Lipinski definition) is 0. The van der Waals surface area contributed by atoms with Crippen molar-refractivity contribution >= 4 is 22.4 Å². The normalized spacial score (nSPS) is 17.0. The maximum atomic E-state index is 13.1. The van der Waals surface area contributed by atoms with Crippen molar-refractivity contribution in [3.05, 3.63) is 58.9 Å². The molecule has 4 heteroatoms. The number of carbonyl (C=O) groups is 1. The van der Waals surface area contributed by atoms with Crippen LogP contribution in [0.3, 0.4) is 0 Å². The molecule has 1 fully saturated rings. The van der Waals surface area contributed by atoms with Gasteiger partial charge in [-0.25, -0.2) is 0 Å². The number of aryl methyl sites for hydroxylation is 3. The Hall–Kier alpha value is -3.01. The van der Waals surface area contributed by atoms with Gasteiger partial charge in [-0.1, -0.05) is 23.8 Å². The van der Waals surface area contributed by atoms with Gasteiger partial charge in [-0.05, 0) is 83.6 Å². The van der Waals surface area contributed by atoms with E-state index in [-0.39, 0.29) is 11.9 Å². The molecule has 0 N–H and O–H groups in total. The van der Waals surface area contributed by atoms with E-state index in [1.165, 1.54) is 17.5 Å². The molecule has 1 saturated heterocycles. The summed E-state index contributed by atoms with van der Waals surface area (Å²) < 4.78 is 12.1. The SMILES string of the molecule is CCOc1c(/C(C)=C/C(=O)N2CCCCC2C)cc2c(-c3ccc(C)cc3C)coc2c1C. The zero-order valence-corrected chi connectivity index (χ0v) is 20.7. The third-order valence-electron chi connectivity index (χ3n) is 6.86. The summed E-state index contributed by atoms with van der Waals surface area (Å²) in [5, 5.41) is 1.05. The predicted octanol–water partition coefficient (Wildman–Crippen LogP) is 7.23. The van der Waals surface area contributed by atoms with Crippen LogP contribution in [0.15, 0.2) is 41.0 Å². The van der Waals surface area contributed by atoms with Gasteiger partial charge in [0.2, 0.25) is 5.91 Å². The van der Waals surface area contributed by atoms with Crippen LogP contribution in [0.25, 0.3) is 27.7 Å². The van der Waals surface area contributed by atoms with Gasteiger partial charge in [-0.2, -0.15) is 0 Å². The number of furan rings is 1. The fourth-order valence-electron chi connectivity index (χ4n) is 5.03. The molecule has 1 aliphatic heterocycles. The molecular formula is C29H35NO3. The summed E-state index contributed by atoms with van der Waals surface area (Å²) in [6, 6.07) is 8.90. The van der Waals surface area contributed by atoms with Gasteiger partial charge in [0.05, 0.1) is 12.9 Å². The second-order valence-electron chi connectivity index (χ2n) is 9.36. The van der Waals surface area contributed by atoms with Crippen molar-refractivity contribution in [1.29, 1.82) is 0 Å². The number of hydrogen-bond acceptors (Lipinski definition) is 3. The number of allylic oxidation sites excluding steroid dienone is 1. The molecule has 2 heterocycles. The van der Waals surface area contributed by atoms with Gasteiger partial charge in [0.25, 0.3) is 0 Å². The number of ether oxygens (including phenoxy) is 1. The number of carbonyl (C=O) groups excluding carboxylic acids is 1. The van der Waals surface area contributed by atoms with Crippen molar-refractivity contribution < 1.29 is 13.9 Å². The Morgan fingerprint density at radius 1 is 1.18 bits per heavy atom. The van der Waals surface area contributed by atoms with E-state index in [1.807, 2.05) is 31.9 Å². The first kappa shape index (κ1) is 23.2. The Morgan fingerprint density at radius 2 is 1.97 bits per heavy atom. The number of rotatable bonds is 5. The number of benzene rings is 2. The molecule has 1 atom stereocenters. The lowest BCUT2D eigenvalue weighted by Crippen LogP contribution is -2.41. The van der Waals surface area contributed by atoms with Crippen LogP contribution in [0.4, 0.5) is 0 Å². The van der Waals surface area contributed by atoms with E-state index in [9.17, 15) is 4.79 Å². The first-order valence-electron chi connectivity index (χ1n) is 12.1. The maximum Gasteiger partial charge on any atom is 0.247 e. The molecule has 1 aromatic heterocycles. The topological polar surface area (TPSA) is 42.7 Å². The lowest BCUT2D eigenvalue weighted by molar-refractivity contribution is -0.129. The molecule has 2 aromatic carbocycles. The highest BCUT2D eigenvalue weighted by Gasteiger charge is 2.23. The highest BCUT2D eigenvalue weighted by atomic mass is 16.5. The van der Waals surface area contributed by atoms with Crippen LogP contribution in [0.1, 0.15) is 62.3 Å². The molecule has 4 rings (SSSR count). The average Bonchev–Trinajstić information content (AvgIpc) is 3.19. The Labute approximate surface area is 197 Å². The van der Waals surface area contributed by atoms with Crippen molar-refractivity contribution in [2.24, 2.45) is 0 Å². The van der Waals surface area contributed by atoms with E-state index in [4.69, 9.17) is 9.15 Å². The molecule has 1 amide bonds. The summed E-state index contributed by atoms with van der Waals surface area (Å²) in [6.07, 6.45) is 6.96. The molecule has 3 aromatic rings. The molecule has 174 valence electrons. The summed E-state index contributed by atoms with van der Waals surface area (Å²) in [5.74, 6) is 0.876. The molecule has 1 aliphatic rings. The molecule has 0 aliphatic carbocycles. The van der Waals surface area contributed by atoms with Crippen LogP contribution < -0.4 is 4.74 Å². The highest BCUT2D eigenvalue weighted by molar-refractivity contribution is 6.02. The van der Waals surface area contributed by atoms with E-state index in [0.717, 1.165) is 63.9 Å². The molecule has 1 unspecified atom stereocenters. The van der Waals surface area contributed by atoms with Gasteiger partial charge < -0.3 is 14.1 Å². The van der Waals surface area contributed by atoms with Gasteiger partial charge in [0, 0.05) is 40.7 Å². The number of amides is 1. The fraction of sp³-hybridized carbons (Fsp3) is 0.414. The number of fused-ring (bicyclic) bond motifs is 1. The molecule has 0 saturated carbocycles. The smallest absolute Gasteiger partial charge is 0.247 e. The van der Waals surface area contributed by atoms with Crippen LogP contribution in [-0.4, -0.2) is 30.0 Å². The average molecular weight is 446 g/mol. The van der Waals surface area contributed by atoms with Crippen LogP contribution in [-0.2, 0) is 4.79 Å². The monoisotopic (exact) mass is 445 g/mol. The summed E-state index contributed by atoms with van der Waals surface area (Å²) in [6.45, 7) is 13.8. The highest BCUT2D eigenvalue weighted by Crippen LogP contribution is 2.41. The number of likely N-dealkylation sites (tertiary alicyclic amines) is 1. The minimum atomic E-state index is 0.0849. The lowest BCUT2D eigenvalue weighted by atomic mass is 9.94. The zero-order chi connectivity index (χ0) is 23.7. The van der Waals surface area contributed by atoms with Gasteiger partial charge >= 0.3 is 0 Å². The Bertz CT molecular complexity index is 1220. The minimum Gasteiger partial charge on any atom is -0.493 e. The van der Waals surface area contributed by atoms with Crippen LogP contribution in [0.5, 0.6) is 5.75 Å². The van der Waals surface area contributed by atoms with E-state index in [2.05, 4.69) is 45.0 Å². The van der Waals surface area contributed by atoms with Crippen molar-refractivity contribution in [1.82, 2.24) is 4.90 Å². The van der Waals surface area contributed by atoms with E-state index in [0.29, 0.717) is 6.61 Å². The summed E-state index contributed by atoms with van der Waals surface area (Å²) in [4.78, 5) is 15.1. The Morgan fingerprint density at radius 3 is 2.67 bits per heavy atom. The molecule has 4 nitrogen and oxygen atoms in total. The van der Waals surface area contributed by atoms with Crippen molar-refractivity contribution in [2.45, 2.75) is 66.8 Å². The largest absolute Gasteiger partial charge is 0.493 e. The van der Waals surface area contributed by atoms with Gasteiger partial charge in [0.15, 0.2) is 0 Å². The van der Waals surface area contributed by atoms with Crippen LogP contribution >= 0.6 is 0 Å². The standard InChI is InChI=1S/C29H35NO3/c1-7-32-28-22(6)29-25(26(17-33-29)23-12-11-18(2)14-19(23)3)16-24(28)20(4)15-27(31)30-13-9-8-10-21(30)5/h11-12,14-17,21H,7-10,13H2,1-6H3/b20-15+. The molecule has 0 bridgehead atoms. The number of piperidine rings is 1. The molecule has 33 heavy (non-hydrogen) atoms. The summed E-state index contributed by atoms with van der Waals surface area (Å²) in [7, 11) is 0. The van der Waals surface area contributed by atoms with Crippen molar-refractivity contribution in [3.8, 4) is 16.9 Å². The second-order valence-corrected chi connectivity index (χ2v) is 9.36. The van der Waals surface area contributed by atoms with Gasteiger partial charge in [-0.3, -0.25) is 4.79 Å². The van der Waals surface area contributed by atoms with E-state index in [1.54, 1.807) is 6.08 Å². The maximum absolute atomic E-state index is 13.1. The quantitative estimate of drug-likeness (QED) is 0.389. The van der Waals surface area contributed by atoms with E-state index < -0.39 is 0 Å². The molecular weight excluding hydrogens is 410 g/mol. The van der Waals surface area contributed by atoms with Crippen molar-refractivity contribution in [3.63, 3.8) is 0 Å². The van der Waals surface area contributed by atoms with E-state index >= 15 is 0 Å². The summed E-state index contributed by atoms with van der Waals surface area (Å²) >= 11 is 0.